The highest BCUT2D eigenvalue weighted by Gasteiger charge is 2.29. The summed E-state index contributed by atoms with van der Waals surface area (Å²) in [6.07, 6.45) is 0.694. The van der Waals surface area contributed by atoms with Gasteiger partial charge in [0.25, 0.3) is 0 Å². The Labute approximate surface area is 201 Å². The maximum atomic E-state index is 13.5. The molecule has 0 aliphatic carbocycles. The van der Waals surface area contributed by atoms with Gasteiger partial charge in [0.05, 0.1) is 26.3 Å². The molecule has 0 radical (unpaired) electrons. The smallest absolute Gasteiger partial charge is 0.247 e. The predicted molar refractivity (Wildman–Crippen MR) is 134 cm³/mol. The summed E-state index contributed by atoms with van der Waals surface area (Å²) in [6.45, 7) is 4.28. The first-order valence-electron chi connectivity index (χ1n) is 11.4. The molecule has 2 amide bonds. The third-order valence-corrected chi connectivity index (χ3v) is 5.85. The fourth-order valence-corrected chi connectivity index (χ4v) is 3.88. The van der Waals surface area contributed by atoms with Crippen molar-refractivity contribution >= 4 is 17.5 Å². The third kappa shape index (κ3) is 6.16. The second-order valence-electron chi connectivity index (χ2n) is 8.09. The van der Waals surface area contributed by atoms with E-state index in [1.165, 1.54) is 7.11 Å². The molecule has 3 aromatic carbocycles. The molecule has 0 heterocycles. The third-order valence-electron chi connectivity index (χ3n) is 5.85. The Hall–Kier alpha value is -3.80. The van der Waals surface area contributed by atoms with Gasteiger partial charge in [-0.05, 0) is 42.2 Å². The van der Waals surface area contributed by atoms with Crippen LogP contribution in [0, 0.1) is 6.92 Å². The first kappa shape index (κ1) is 24.8. The van der Waals surface area contributed by atoms with E-state index in [0.717, 1.165) is 16.7 Å². The van der Waals surface area contributed by atoms with Crippen molar-refractivity contribution in [3.05, 3.63) is 89.5 Å². The number of ether oxygens (including phenoxy) is 2. The van der Waals surface area contributed by atoms with Gasteiger partial charge in [0.15, 0.2) is 0 Å². The fourth-order valence-electron chi connectivity index (χ4n) is 3.88. The predicted octanol–water partition coefficient (Wildman–Crippen LogP) is 5.00. The lowest BCUT2D eigenvalue weighted by atomic mass is 10.0. The number of hydrogen-bond acceptors (Lipinski definition) is 4. The molecule has 1 atom stereocenters. The van der Waals surface area contributed by atoms with Crippen molar-refractivity contribution in [1.82, 2.24) is 4.90 Å². The van der Waals surface area contributed by atoms with Crippen molar-refractivity contribution in [2.24, 2.45) is 0 Å². The largest absolute Gasteiger partial charge is 0.497 e. The molecule has 1 N–H and O–H groups in total. The number of carbonyl (C=O) groups is 2. The van der Waals surface area contributed by atoms with E-state index in [4.69, 9.17) is 9.47 Å². The highest BCUT2D eigenvalue weighted by molar-refractivity contribution is 5.98. The lowest BCUT2D eigenvalue weighted by molar-refractivity contribution is -0.139. The van der Waals surface area contributed by atoms with Crippen molar-refractivity contribution in [1.29, 1.82) is 0 Å². The number of hydrogen-bond donors (Lipinski definition) is 1. The van der Waals surface area contributed by atoms with Crippen molar-refractivity contribution < 1.29 is 19.1 Å². The van der Waals surface area contributed by atoms with Crippen LogP contribution in [0.25, 0.3) is 0 Å². The van der Waals surface area contributed by atoms with Gasteiger partial charge < -0.3 is 19.7 Å². The van der Waals surface area contributed by atoms with E-state index >= 15 is 0 Å². The zero-order valence-corrected chi connectivity index (χ0v) is 20.2. The van der Waals surface area contributed by atoms with Gasteiger partial charge in [-0.25, -0.2) is 0 Å². The van der Waals surface area contributed by atoms with Crippen LogP contribution in [0.2, 0.25) is 0 Å². The van der Waals surface area contributed by atoms with Crippen LogP contribution in [0.15, 0.2) is 72.8 Å². The molecule has 0 aliphatic heterocycles. The van der Waals surface area contributed by atoms with Crippen molar-refractivity contribution in [2.75, 3.05) is 19.5 Å². The molecule has 0 bridgehead atoms. The average Bonchev–Trinajstić information content (AvgIpc) is 2.85. The van der Waals surface area contributed by atoms with Crippen molar-refractivity contribution in [3.63, 3.8) is 0 Å². The number of anilines is 1. The van der Waals surface area contributed by atoms with Gasteiger partial charge in [-0.3, -0.25) is 9.59 Å². The van der Waals surface area contributed by atoms with Crippen LogP contribution < -0.4 is 14.8 Å². The zero-order chi connectivity index (χ0) is 24.5. The van der Waals surface area contributed by atoms with E-state index in [1.54, 1.807) is 30.2 Å². The molecule has 178 valence electrons. The molecule has 34 heavy (non-hydrogen) atoms. The van der Waals surface area contributed by atoms with Crippen LogP contribution in [0.4, 0.5) is 5.69 Å². The number of carbonyl (C=O) groups excluding carboxylic acids is 2. The summed E-state index contributed by atoms with van der Waals surface area (Å²) in [4.78, 5) is 28.6. The second-order valence-corrected chi connectivity index (χ2v) is 8.09. The Bertz CT molecular complexity index is 1110. The number of nitrogens with one attached hydrogen (secondary N) is 1. The minimum atomic E-state index is -0.650. The van der Waals surface area contributed by atoms with Gasteiger partial charge in [0.1, 0.15) is 17.5 Å². The number of rotatable bonds is 10. The summed E-state index contributed by atoms with van der Waals surface area (Å²) >= 11 is 0. The molecule has 0 fully saturated rings. The molecule has 0 aliphatic rings. The molecule has 3 rings (SSSR count). The Morgan fingerprint density at radius 1 is 0.941 bits per heavy atom. The second kappa shape index (κ2) is 11.9. The van der Waals surface area contributed by atoms with Gasteiger partial charge in [-0.2, -0.15) is 0 Å². The standard InChI is InChI=1S/C28H32N2O4/c1-5-25(28(32)29-24-16-15-23(33-3)18-26(24)34-4)30(19-22-14-10-9-11-20(22)2)27(31)17-21-12-7-6-8-13-21/h6-16,18,25H,5,17,19H2,1-4H3,(H,29,32). The quantitative estimate of drug-likeness (QED) is 0.462. The Morgan fingerprint density at radius 2 is 1.65 bits per heavy atom. The molecule has 0 saturated carbocycles. The van der Waals surface area contributed by atoms with Crippen LogP contribution in [0.1, 0.15) is 30.0 Å². The highest BCUT2D eigenvalue weighted by atomic mass is 16.5. The van der Waals surface area contributed by atoms with E-state index in [-0.39, 0.29) is 18.2 Å². The number of benzene rings is 3. The summed E-state index contributed by atoms with van der Waals surface area (Å²) in [5, 5.41) is 2.95. The molecular weight excluding hydrogens is 428 g/mol. The number of aryl methyl sites for hydroxylation is 1. The minimum Gasteiger partial charge on any atom is -0.497 e. The molecule has 0 aromatic heterocycles. The lowest BCUT2D eigenvalue weighted by Gasteiger charge is -2.31. The van der Waals surface area contributed by atoms with Crippen molar-refractivity contribution in [3.8, 4) is 11.5 Å². The highest BCUT2D eigenvalue weighted by Crippen LogP contribution is 2.29. The van der Waals surface area contributed by atoms with E-state index in [0.29, 0.717) is 30.2 Å². The normalized spacial score (nSPS) is 11.4. The van der Waals surface area contributed by atoms with Gasteiger partial charge in [-0.15, -0.1) is 0 Å². The van der Waals surface area contributed by atoms with E-state index < -0.39 is 6.04 Å². The van der Waals surface area contributed by atoms with E-state index in [1.807, 2.05) is 68.4 Å². The molecule has 1 unspecified atom stereocenters. The van der Waals surface area contributed by atoms with Crippen LogP contribution in [0.5, 0.6) is 11.5 Å². The Morgan fingerprint density at radius 3 is 2.29 bits per heavy atom. The monoisotopic (exact) mass is 460 g/mol. The minimum absolute atomic E-state index is 0.0989. The average molecular weight is 461 g/mol. The topological polar surface area (TPSA) is 67.9 Å². The van der Waals surface area contributed by atoms with Gasteiger partial charge in [0.2, 0.25) is 11.8 Å². The van der Waals surface area contributed by atoms with Crippen LogP contribution in [0.3, 0.4) is 0 Å². The first-order chi connectivity index (χ1) is 16.5. The van der Waals surface area contributed by atoms with E-state index in [9.17, 15) is 9.59 Å². The maximum Gasteiger partial charge on any atom is 0.247 e. The molecule has 0 spiro atoms. The summed E-state index contributed by atoms with van der Waals surface area (Å²) in [5.41, 5.74) is 3.52. The molecular formula is C28H32N2O4. The van der Waals surface area contributed by atoms with Crippen LogP contribution in [-0.2, 0) is 22.6 Å². The van der Waals surface area contributed by atoms with Crippen LogP contribution >= 0.6 is 0 Å². The van der Waals surface area contributed by atoms with Gasteiger partial charge >= 0.3 is 0 Å². The fraction of sp³-hybridized carbons (Fsp3) is 0.286. The molecule has 0 saturated heterocycles. The molecule has 3 aromatic rings. The number of methoxy groups -OCH3 is 2. The Kier molecular flexibility index (Phi) is 8.68. The lowest BCUT2D eigenvalue weighted by Crippen LogP contribution is -2.47. The number of amides is 2. The summed E-state index contributed by atoms with van der Waals surface area (Å²) in [7, 11) is 3.11. The summed E-state index contributed by atoms with van der Waals surface area (Å²) in [6, 6.07) is 22.1. The van der Waals surface area contributed by atoms with Crippen LogP contribution in [-0.4, -0.2) is 37.0 Å². The molecule has 6 nitrogen and oxygen atoms in total. The van der Waals surface area contributed by atoms with E-state index in [2.05, 4.69) is 5.32 Å². The Balaban J connectivity index is 1.89. The summed E-state index contributed by atoms with van der Waals surface area (Å²) < 4.78 is 10.7. The SMILES string of the molecule is CCC(C(=O)Nc1ccc(OC)cc1OC)N(Cc1ccccc1C)C(=O)Cc1ccccc1. The van der Waals surface area contributed by atoms with Gasteiger partial charge in [0, 0.05) is 12.6 Å². The van der Waals surface area contributed by atoms with Crippen molar-refractivity contribution in [2.45, 2.75) is 39.3 Å². The maximum absolute atomic E-state index is 13.5. The molecule has 6 heteroatoms. The first-order valence-corrected chi connectivity index (χ1v) is 11.4. The zero-order valence-electron chi connectivity index (χ0n) is 20.2. The number of nitrogens with zero attached hydrogens (tertiary/aromatic N) is 1. The summed E-state index contributed by atoms with van der Waals surface area (Å²) in [5.74, 6) is 0.754. The van der Waals surface area contributed by atoms with Gasteiger partial charge in [-0.1, -0.05) is 61.5 Å².